The van der Waals surface area contributed by atoms with Crippen LogP contribution in [0.15, 0.2) is 0 Å². The molecule has 0 amide bonds. The first-order chi connectivity index (χ1) is 6.36. The Balaban J connectivity index is 1.79. The van der Waals surface area contributed by atoms with Crippen molar-refractivity contribution in [3.63, 3.8) is 0 Å². The van der Waals surface area contributed by atoms with Gasteiger partial charge in [-0.3, -0.25) is 4.90 Å². The predicted molar refractivity (Wildman–Crippen MR) is 54.5 cm³/mol. The highest BCUT2D eigenvalue weighted by atomic mass is 15.3. The number of nitrogens with zero attached hydrogens (tertiary/aromatic N) is 1. The molecular formula is C11H22N2. The highest BCUT2D eigenvalue weighted by Crippen LogP contribution is 2.22. The lowest BCUT2D eigenvalue weighted by Crippen LogP contribution is -3.10. The van der Waals surface area contributed by atoms with Gasteiger partial charge >= 0.3 is 0 Å². The van der Waals surface area contributed by atoms with Gasteiger partial charge in [-0.2, -0.15) is 7.05 Å². The summed E-state index contributed by atoms with van der Waals surface area (Å²) < 4.78 is 0. The van der Waals surface area contributed by atoms with Crippen molar-refractivity contribution in [1.29, 1.82) is 0 Å². The normalized spacial score (nSPS) is 29.3. The van der Waals surface area contributed by atoms with E-state index in [2.05, 4.69) is 11.9 Å². The first kappa shape index (κ1) is 9.47. The van der Waals surface area contributed by atoms with Crippen molar-refractivity contribution in [2.24, 2.45) is 0 Å². The predicted octanol–water partition coefficient (Wildman–Crippen LogP) is 0.311. The number of piperazine rings is 1. The molecule has 2 nitrogen and oxygen atoms in total. The third kappa shape index (κ3) is 2.44. The third-order valence-corrected chi connectivity index (χ3v) is 3.60. The minimum atomic E-state index is 0.918. The standard InChI is InChI=1S/C11H22N2/c1-12-7-9-13(10-8-12)11-5-3-2-4-6-11/h11-12H,1-10H2. The van der Waals surface area contributed by atoms with Gasteiger partial charge in [-0.05, 0) is 12.8 Å². The Morgan fingerprint density at radius 3 is 2.23 bits per heavy atom. The van der Waals surface area contributed by atoms with Crippen LogP contribution in [0.4, 0.5) is 0 Å². The summed E-state index contributed by atoms with van der Waals surface area (Å²) in [7, 11) is 4.07. The monoisotopic (exact) mass is 182 g/mol. The van der Waals surface area contributed by atoms with Gasteiger partial charge in [0.1, 0.15) is 0 Å². The molecule has 0 atom stereocenters. The van der Waals surface area contributed by atoms with E-state index in [-0.39, 0.29) is 0 Å². The molecule has 0 aromatic carbocycles. The molecule has 2 heteroatoms. The lowest BCUT2D eigenvalue weighted by Gasteiger charge is -2.40. The maximum Gasteiger partial charge on any atom is 0.0660 e. The maximum absolute atomic E-state index is 4.07. The zero-order chi connectivity index (χ0) is 9.10. The number of hydrogen-bond donors (Lipinski definition) is 1. The first-order valence-electron chi connectivity index (χ1n) is 5.77. The number of hydrogen-bond acceptors (Lipinski definition) is 1. The summed E-state index contributed by atoms with van der Waals surface area (Å²) in [6, 6.07) is 0.918. The molecule has 1 aliphatic carbocycles. The van der Waals surface area contributed by atoms with E-state index in [1.54, 1.807) is 0 Å². The Morgan fingerprint density at radius 1 is 1.00 bits per heavy atom. The van der Waals surface area contributed by atoms with Crippen LogP contribution >= 0.6 is 0 Å². The minimum absolute atomic E-state index is 0.918. The first-order valence-corrected chi connectivity index (χ1v) is 5.77. The van der Waals surface area contributed by atoms with E-state index in [1.807, 2.05) is 0 Å². The lowest BCUT2D eigenvalue weighted by molar-refractivity contribution is -0.859. The molecule has 1 saturated carbocycles. The van der Waals surface area contributed by atoms with Crippen molar-refractivity contribution in [2.45, 2.75) is 38.1 Å². The van der Waals surface area contributed by atoms with Crippen molar-refractivity contribution in [3.05, 3.63) is 7.05 Å². The summed E-state index contributed by atoms with van der Waals surface area (Å²) >= 11 is 0. The van der Waals surface area contributed by atoms with Crippen LogP contribution in [0.5, 0.6) is 0 Å². The molecule has 13 heavy (non-hydrogen) atoms. The van der Waals surface area contributed by atoms with Crippen LogP contribution in [0.25, 0.3) is 0 Å². The van der Waals surface area contributed by atoms with Crippen LogP contribution in [0.3, 0.4) is 0 Å². The molecule has 1 saturated heterocycles. The SMILES string of the molecule is [CH2-][NH+]1CCN(C2CCCCC2)CC1. The van der Waals surface area contributed by atoms with Gasteiger partial charge < -0.3 is 4.90 Å². The average molecular weight is 182 g/mol. The summed E-state index contributed by atoms with van der Waals surface area (Å²) in [5, 5.41) is 0. The Morgan fingerprint density at radius 2 is 1.62 bits per heavy atom. The zero-order valence-electron chi connectivity index (χ0n) is 8.60. The van der Waals surface area contributed by atoms with E-state index in [1.165, 1.54) is 63.2 Å². The van der Waals surface area contributed by atoms with Crippen molar-refractivity contribution in [3.8, 4) is 0 Å². The molecule has 1 aliphatic heterocycles. The van der Waals surface area contributed by atoms with Crippen LogP contribution in [-0.4, -0.2) is 37.1 Å². The Labute approximate surface area is 81.9 Å². The van der Waals surface area contributed by atoms with Crippen LogP contribution in [0.1, 0.15) is 32.1 Å². The van der Waals surface area contributed by atoms with Gasteiger partial charge in [-0.15, -0.1) is 0 Å². The van der Waals surface area contributed by atoms with Crippen LogP contribution in [0, 0.1) is 7.05 Å². The molecule has 0 aromatic rings. The molecule has 76 valence electrons. The molecule has 2 rings (SSSR count). The van der Waals surface area contributed by atoms with E-state index in [9.17, 15) is 0 Å². The number of nitrogens with one attached hydrogen (secondary N) is 1. The zero-order valence-corrected chi connectivity index (χ0v) is 8.60. The fourth-order valence-corrected chi connectivity index (χ4v) is 2.65. The van der Waals surface area contributed by atoms with Gasteiger partial charge in [-0.25, -0.2) is 0 Å². The van der Waals surface area contributed by atoms with Gasteiger partial charge in [-0.1, -0.05) is 19.3 Å². The van der Waals surface area contributed by atoms with Gasteiger partial charge in [0, 0.05) is 19.1 Å². The summed E-state index contributed by atoms with van der Waals surface area (Å²) in [5.74, 6) is 0. The second kappa shape index (κ2) is 4.43. The fourth-order valence-electron chi connectivity index (χ4n) is 2.65. The van der Waals surface area contributed by atoms with E-state index >= 15 is 0 Å². The van der Waals surface area contributed by atoms with Crippen molar-refractivity contribution >= 4 is 0 Å². The molecule has 0 spiro atoms. The molecule has 2 aliphatic rings. The molecule has 0 radical (unpaired) electrons. The van der Waals surface area contributed by atoms with Crippen LogP contribution in [-0.2, 0) is 0 Å². The second-order valence-corrected chi connectivity index (χ2v) is 4.58. The smallest absolute Gasteiger partial charge is 0.0660 e. The largest absolute Gasteiger partial charge is 0.466 e. The van der Waals surface area contributed by atoms with E-state index < -0.39 is 0 Å². The van der Waals surface area contributed by atoms with Crippen LogP contribution in [0.2, 0.25) is 0 Å². The quantitative estimate of drug-likeness (QED) is 0.574. The van der Waals surface area contributed by atoms with Crippen molar-refractivity contribution in [2.75, 3.05) is 26.2 Å². The molecule has 2 fully saturated rings. The average Bonchev–Trinajstić information content (AvgIpc) is 2.20. The number of rotatable bonds is 1. The van der Waals surface area contributed by atoms with Crippen molar-refractivity contribution < 1.29 is 4.90 Å². The molecule has 1 heterocycles. The summed E-state index contributed by atoms with van der Waals surface area (Å²) in [6.07, 6.45) is 7.29. The molecule has 0 bridgehead atoms. The molecular weight excluding hydrogens is 160 g/mol. The summed E-state index contributed by atoms with van der Waals surface area (Å²) in [4.78, 5) is 4.17. The van der Waals surface area contributed by atoms with Crippen molar-refractivity contribution in [1.82, 2.24) is 4.90 Å². The van der Waals surface area contributed by atoms with E-state index in [4.69, 9.17) is 0 Å². The molecule has 0 aromatic heterocycles. The van der Waals surface area contributed by atoms with Gasteiger partial charge in [0.05, 0.1) is 13.1 Å². The Hall–Kier alpha value is -0.0800. The number of quaternary nitrogens is 1. The molecule has 1 N–H and O–H groups in total. The fraction of sp³-hybridized carbons (Fsp3) is 0.909. The Kier molecular flexibility index (Phi) is 3.23. The highest BCUT2D eigenvalue weighted by molar-refractivity contribution is 4.76. The topological polar surface area (TPSA) is 7.68 Å². The molecule has 0 unspecified atom stereocenters. The van der Waals surface area contributed by atoms with Gasteiger partial charge in [0.2, 0.25) is 0 Å². The summed E-state index contributed by atoms with van der Waals surface area (Å²) in [5.41, 5.74) is 0. The van der Waals surface area contributed by atoms with Gasteiger partial charge in [0.25, 0.3) is 0 Å². The van der Waals surface area contributed by atoms with E-state index in [0.717, 1.165) is 6.04 Å². The summed E-state index contributed by atoms with van der Waals surface area (Å²) in [6.45, 7) is 5.06. The van der Waals surface area contributed by atoms with Crippen LogP contribution < -0.4 is 4.90 Å². The van der Waals surface area contributed by atoms with E-state index in [0.29, 0.717) is 0 Å². The minimum Gasteiger partial charge on any atom is -0.466 e. The van der Waals surface area contributed by atoms with Gasteiger partial charge in [0.15, 0.2) is 0 Å². The second-order valence-electron chi connectivity index (χ2n) is 4.58. The maximum atomic E-state index is 4.07. The lowest BCUT2D eigenvalue weighted by atomic mass is 9.94. The highest BCUT2D eigenvalue weighted by Gasteiger charge is 2.23. The Bertz CT molecular complexity index is 144. The third-order valence-electron chi connectivity index (χ3n) is 3.60.